The standard InChI is InChI=1S/C14H17NS.C11H12N2S.CH4/c1-9-12-4-3-5-13(11-6-7-15-8-11)14(12)10(2)16-9;1-2-8-4-5-14-11(8)9(3-1)10-6-12-7-13-10;/h6-8,13,15H,3-5H2,1-2H3;4-7,9H,1-3H2,(H,12,13);1H4. The van der Waals surface area contributed by atoms with E-state index >= 15 is 0 Å². The fourth-order valence-electron chi connectivity index (χ4n) is 5.27. The Kier molecular flexibility index (Phi) is 6.83. The Labute approximate surface area is 194 Å². The topological polar surface area (TPSA) is 44.5 Å². The van der Waals surface area contributed by atoms with E-state index in [9.17, 15) is 0 Å². The highest BCUT2D eigenvalue weighted by molar-refractivity contribution is 7.12. The maximum Gasteiger partial charge on any atom is 0.0921 e. The lowest BCUT2D eigenvalue weighted by atomic mass is 9.80. The van der Waals surface area contributed by atoms with Gasteiger partial charge in [0.05, 0.1) is 6.33 Å². The van der Waals surface area contributed by atoms with Crippen LogP contribution < -0.4 is 0 Å². The van der Waals surface area contributed by atoms with Gasteiger partial charge in [0.2, 0.25) is 0 Å². The van der Waals surface area contributed by atoms with Crippen molar-refractivity contribution in [2.45, 2.75) is 71.6 Å². The maximum absolute atomic E-state index is 4.10. The Hall–Kier alpha value is -2.11. The smallest absolute Gasteiger partial charge is 0.0921 e. The first kappa shape index (κ1) is 22.1. The molecule has 164 valence electrons. The third-order valence-electron chi connectivity index (χ3n) is 6.66. The van der Waals surface area contributed by atoms with Gasteiger partial charge >= 0.3 is 0 Å². The van der Waals surface area contributed by atoms with Crippen molar-refractivity contribution in [3.63, 3.8) is 0 Å². The summed E-state index contributed by atoms with van der Waals surface area (Å²) < 4.78 is 0. The summed E-state index contributed by atoms with van der Waals surface area (Å²) in [7, 11) is 0. The highest BCUT2D eigenvalue weighted by Crippen LogP contribution is 2.43. The number of nitrogens with one attached hydrogen (secondary N) is 2. The van der Waals surface area contributed by atoms with Gasteiger partial charge in [-0.15, -0.1) is 22.7 Å². The third-order valence-corrected chi connectivity index (χ3v) is 8.81. The van der Waals surface area contributed by atoms with Crippen LogP contribution in [0.25, 0.3) is 0 Å². The molecular formula is C26H33N3S2. The second-order valence-corrected chi connectivity index (χ2v) is 10.8. The van der Waals surface area contributed by atoms with Crippen molar-refractivity contribution in [3.8, 4) is 0 Å². The monoisotopic (exact) mass is 451 g/mol. The normalized spacial score (nSPS) is 19.5. The molecule has 2 unspecified atom stereocenters. The number of thiophene rings is 2. The molecule has 4 aromatic rings. The molecule has 0 aliphatic heterocycles. The number of imidazole rings is 1. The van der Waals surface area contributed by atoms with E-state index in [1.54, 1.807) is 27.9 Å². The van der Waals surface area contributed by atoms with Gasteiger partial charge in [0.25, 0.3) is 0 Å². The van der Waals surface area contributed by atoms with Crippen molar-refractivity contribution < 1.29 is 0 Å². The number of rotatable bonds is 2. The van der Waals surface area contributed by atoms with E-state index in [-0.39, 0.29) is 7.43 Å². The van der Waals surface area contributed by atoms with E-state index in [1.807, 2.05) is 35.1 Å². The van der Waals surface area contributed by atoms with Gasteiger partial charge in [0.15, 0.2) is 0 Å². The van der Waals surface area contributed by atoms with Crippen molar-refractivity contribution in [2.75, 3.05) is 0 Å². The van der Waals surface area contributed by atoms with Gasteiger partial charge in [-0.05, 0) is 92.1 Å². The first-order valence-corrected chi connectivity index (χ1v) is 12.7. The van der Waals surface area contributed by atoms with E-state index in [1.165, 1.54) is 59.5 Å². The summed E-state index contributed by atoms with van der Waals surface area (Å²) in [5.74, 6) is 1.21. The molecule has 0 amide bonds. The van der Waals surface area contributed by atoms with Gasteiger partial charge in [-0.2, -0.15) is 0 Å². The summed E-state index contributed by atoms with van der Waals surface area (Å²) in [5, 5.41) is 2.21. The number of fused-ring (bicyclic) bond motifs is 2. The van der Waals surface area contributed by atoms with Crippen molar-refractivity contribution in [3.05, 3.63) is 85.0 Å². The Bertz CT molecular complexity index is 1090. The second-order valence-electron chi connectivity index (χ2n) is 8.46. The number of hydrogen-bond donors (Lipinski definition) is 2. The van der Waals surface area contributed by atoms with E-state index < -0.39 is 0 Å². The minimum atomic E-state index is 0. The lowest BCUT2D eigenvalue weighted by molar-refractivity contribution is 0.616. The van der Waals surface area contributed by atoms with Gasteiger partial charge in [-0.3, -0.25) is 0 Å². The molecule has 31 heavy (non-hydrogen) atoms. The second kappa shape index (κ2) is 9.58. The summed E-state index contributed by atoms with van der Waals surface area (Å²) in [6.45, 7) is 4.55. The van der Waals surface area contributed by atoms with E-state index in [0.29, 0.717) is 11.8 Å². The predicted molar refractivity (Wildman–Crippen MR) is 134 cm³/mol. The summed E-state index contributed by atoms with van der Waals surface area (Å²) in [6.07, 6.45) is 15.7. The number of aromatic amines is 2. The summed E-state index contributed by atoms with van der Waals surface area (Å²) in [5.41, 5.74) is 7.55. The van der Waals surface area contributed by atoms with Crippen LogP contribution in [-0.2, 0) is 12.8 Å². The molecule has 0 saturated heterocycles. The highest BCUT2D eigenvalue weighted by atomic mass is 32.1. The van der Waals surface area contributed by atoms with Crippen LogP contribution in [-0.4, -0.2) is 15.0 Å². The molecule has 4 heterocycles. The van der Waals surface area contributed by atoms with Crippen LogP contribution >= 0.6 is 22.7 Å². The molecule has 2 aliphatic rings. The van der Waals surface area contributed by atoms with Crippen LogP contribution in [0, 0.1) is 13.8 Å². The average molecular weight is 452 g/mol. The zero-order chi connectivity index (χ0) is 20.5. The lowest BCUT2D eigenvalue weighted by Gasteiger charge is -2.23. The zero-order valence-corrected chi connectivity index (χ0v) is 19.3. The molecule has 2 atom stereocenters. The largest absolute Gasteiger partial charge is 0.367 e. The number of hydrogen-bond acceptors (Lipinski definition) is 3. The van der Waals surface area contributed by atoms with Crippen LogP contribution in [0.4, 0.5) is 0 Å². The Morgan fingerprint density at radius 2 is 1.87 bits per heavy atom. The molecule has 0 spiro atoms. The molecule has 0 bridgehead atoms. The van der Waals surface area contributed by atoms with Gasteiger partial charge in [0.1, 0.15) is 0 Å². The molecular weight excluding hydrogens is 418 g/mol. The first-order valence-electron chi connectivity index (χ1n) is 11.0. The molecule has 0 aromatic carbocycles. The predicted octanol–water partition coefficient (Wildman–Crippen LogP) is 7.74. The molecule has 2 N–H and O–H groups in total. The quantitative estimate of drug-likeness (QED) is 0.322. The van der Waals surface area contributed by atoms with Crippen molar-refractivity contribution in [1.29, 1.82) is 0 Å². The first-order chi connectivity index (χ1) is 14.7. The number of aryl methyl sites for hydroxylation is 3. The SMILES string of the molecule is C.Cc1sc(C)c2c1CCCC2c1cc[nH]c1.c1ncc(C2CCCc3ccsc32)[nH]1. The average Bonchev–Trinajstić information content (AvgIpc) is 3.56. The van der Waals surface area contributed by atoms with Gasteiger partial charge in [-0.25, -0.2) is 4.98 Å². The van der Waals surface area contributed by atoms with E-state index in [0.717, 1.165) is 0 Å². The van der Waals surface area contributed by atoms with Crippen LogP contribution in [0.2, 0.25) is 0 Å². The Balaban J connectivity index is 0.000000146. The molecule has 0 fully saturated rings. The van der Waals surface area contributed by atoms with Crippen molar-refractivity contribution in [1.82, 2.24) is 15.0 Å². The van der Waals surface area contributed by atoms with E-state index in [2.05, 4.69) is 52.5 Å². The summed E-state index contributed by atoms with van der Waals surface area (Å²) in [4.78, 5) is 15.1. The van der Waals surface area contributed by atoms with Crippen LogP contribution in [0.5, 0.6) is 0 Å². The fraction of sp³-hybridized carbons (Fsp3) is 0.423. The number of nitrogens with zero attached hydrogens (tertiary/aromatic N) is 1. The van der Waals surface area contributed by atoms with Gasteiger partial charge in [0, 0.05) is 50.8 Å². The van der Waals surface area contributed by atoms with Crippen molar-refractivity contribution in [2.24, 2.45) is 0 Å². The Morgan fingerprint density at radius 1 is 1.03 bits per heavy atom. The lowest BCUT2D eigenvalue weighted by Crippen LogP contribution is -2.10. The highest BCUT2D eigenvalue weighted by Gasteiger charge is 2.27. The maximum atomic E-state index is 4.10. The number of aromatic nitrogens is 3. The molecule has 0 saturated carbocycles. The Morgan fingerprint density at radius 3 is 2.65 bits per heavy atom. The molecule has 6 rings (SSSR count). The minimum absolute atomic E-state index is 0. The molecule has 4 aromatic heterocycles. The minimum Gasteiger partial charge on any atom is -0.367 e. The molecule has 2 aliphatic carbocycles. The summed E-state index contributed by atoms with van der Waals surface area (Å²) >= 11 is 3.86. The van der Waals surface area contributed by atoms with Crippen LogP contribution in [0.3, 0.4) is 0 Å². The van der Waals surface area contributed by atoms with Crippen molar-refractivity contribution >= 4 is 22.7 Å². The van der Waals surface area contributed by atoms with Gasteiger partial charge in [-0.1, -0.05) is 7.43 Å². The fourth-order valence-corrected chi connectivity index (χ4v) is 7.55. The van der Waals surface area contributed by atoms with E-state index in [4.69, 9.17) is 0 Å². The third kappa shape index (κ3) is 4.31. The molecule has 5 heteroatoms. The number of H-pyrrole nitrogens is 2. The summed E-state index contributed by atoms with van der Waals surface area (Å²) in [6, 6.07) is 4.49. The van der Waals surface area contributed by atoms with Gasteiger partial charge < -0.3 is 9.97 Å². The van der Waals surface area contributed by atoms with Crippen LogP contribution in [0.15, 0.2) is 42.4 Å². The molecule has 0 radical (unpaired) electrons. The zero-order valence-electron chi connectivity index (χ0n) is 17.7. The molecule has 3 nitrogen and oxygen atoms in total. The van der Waals surface area contributed by atoms with Crippen LogP contribution in [0.1, 0.15) is 87.5 Å².